The van der Waals surface area contributed by atoms with Crippen LogP contribution >= 0.6 is 23.1 Å². The Morgan fingerprint density at radius 1 is 1.37 bits per heavy atom. The lowest BCUT2D eigenvalue weighted by Crippen LogP contribution is -2.33. The van der Waals surface area contributed by atoms with Crippen LogP contribution < -0.4 is 14.8 Å². The van der Waals surface area contributed by atoms with Crippen molar-refractivity contribution in [2.24, 2.45) is 7.05 Å². The zero-order valence-electron chi connectivity index (χ0n) is 16.5. The van der Waals surface area contributed by atoms with E-state index in [-0.39, 0.29) is 16.7 Å². The summed E-state index contributed by atoms with van der Waals surface area (Å²) in [6.07, 6.45) is 7.81. The molecule has 0 unspecified atom stereocenters. The summed E-state index contributed by atoms with van der Waals surface area (Å²) in [6, 6.07) is 6.97. The zero-order chi connectivity index (χ0) is 21.7. The van der Waals surface area contributed by atoms with Gasteiger partial charge in [-0.3, -0.25) is 18.8 Å². The van der Waals surface area contributed by atoms with Crippen LogP contribution in [-0.4, -0.2) is 32.1 Å². The first-order valence-electron chi connectivity index (χ1n) is 9.08. The van der Waals surface area contributed by atoms with Gasteiger partial charge in [0.2, 0.25) is 5.78 Å². The summed E-state index contributed by atoms with van der Waals surface area (Å²) in [4.78, 5) is 26.0. The Bertz CT molecular complexity index is 1280. The number of benzene rings is 1. The number of rotatable bonds is 7. The van der Waals surface area contributed by atoms with Crippen LogP contribution in [0.2, 0.25) is 0 Å². The van der Waals surface area contributed by atoms with Gasteiger partial charge < -0.3 is 0 Å². The highest BCUT2D eigenvalue weighted by Gasteiger charge is 2.17. The van der Waals surface area contributed by atoms with Crippen molar-refractivity contribution in [3.63, 3.8) is 0 Å². The Balaban J connectivity index is 2.21. The van der Waals surface area contributed by atoms with Crippen molar-refractivity contribution in [2.45, 2.75) is 13.0 Å². The van der Waals surface area contributed by atoms with Crippen LogP contribution in [0, 0.1) is 17.1 Å². The van der Waals surface area contributed by atoms with E-state index in [2.05, 4.69) is 5.10 Å². The Morgan fingerprint density at radius 2 is 2.10 bits per heavy atom. The number of hydrogen-bond acceptors (Lipinski definition) is 6. The van der Waals surface area contributed by atoms with Crippen LogP contribution in [0.15, 0.2) is 41.5 Å². The molecule has 2 aromatic heterocycles. The Kier molecular flexibility index (Phi) is 7.03. The summed E-state index contributed by atoms with van der Waals surface area (Å²) < 4.78 is 17.1. The second kappa shape index (κ2) is 9.69. The summed E-state index contributed by atoms with van der Waals surface area (Å²) in [7, 11) is 1.78. The van der Waals surface area contributed by atoms with Gasteiger partial charge in [-0.2, -0.15) is 22.1 Å². The lowest BCUT2D eigenvalue weighted by molar-refractivity contribution is 0.105. The minimum absolute atomic E-state index is 0.126. The molecule has 3 aromatic rings. The number of aryl methyl sites for hydroxylation is 1. The first kappa shape index (κ1) is 21.7. The number of thiazole rings is 1. The maximum Gasteiger partial charge on any atom is 0.269 e. The van der Waals surface area contributed by atoms with Gasteiger partial charge in [-0.1, -0.05) is 0 Å². The summed E-state index contributed by atoms with van der Waals surface area (Å²) >= 11 is 2.76. The van der Waals surface area contributed by atoms with Gasteiger partial charge >= 0.3 is 0 Å². The van der Waals surface area contributed by atoms with Gasteiger partial charge in [0.25, 0.3) is 5.56 Å². The number of carbonyl (C=O) groups is 1. The molecule has 9 heteroatoms. The van der Waals surface area contributed by atoms with Crippen molar-refractivity contribution >= 4 is 40.5 Å². The highest BCUT2D eigenvalue weighted by molar-refractivity contribution is 7.98. The second-order valence-corrected chi connectivity index (χ2v) is 8.51. The van der Waals surface area contributed by atoms with Gasteiger partial charge in [0, 0.05) is 30.9 Å². The van der Waals surface area contributed by atoms with Crippen LogP contribution in [0.25, 0.3) is 11.6 Å². The van der Waals surface area contributed by atoms with E-state index in [1.165, 1.54) is 28.8 Å². The van der Waals surface area contributed by atoms with Crippen LogP contribution in [-0.2, 0) is 13.6 Å². The van der Waals surface area contributed by atoms with Crippen LogP contribution in [0.5, 0.6) is 0 Å². The number of thioether (sulfide) groups is 1. The van der Waals surface area contributed by atoms with Crippen molar-refractivity contribution in [1.82, 2.24) is 14.3 Å². The molecule has 0 atom stereocenters. The molecular formula is C21H19FN4O2S2. The van der Waals surface area contributed by atoms with Crippen LogP contribution in [0.1, 0.15) is 22.3 Å². The van der Waals surface area contributed by atoms with Crippen molar-refractivity contribution in [1.29, 1.82) is 5.26 Å². The predicted molar refractivity (Wildman–Crippen MR) is 117 cm³/mol. The first-order valence-corrected chi connectivity index (χ1v) is 11.3. The van der Waals surface area contributed by atoms with Crippen molar-refractivity contribution < 1.29 is 9.18 Å². The summed E-state index contributed by atoms with van der Waals surface area (Å²) in [5, 5.41) is 13.8. The predicted octanol–water partition coefficient (Wildman–Crippen LogP) is 1.92. The summed E-state index contributed by atoms with van der Waals surface area (Å²) in [6.45, 7) is 0.397. The lowest BCUT2D eigenvalue weighted by atomic mass is 10.1. The first-order chi connectivity index (χ1) is 14.4. The fraction of sp³-hybridized carbons (Fsp3) is 0.238. The Hall–Kier alpha value is -2.96. The van der Waals surface area contributed by atoms with E-state index in [9.17, 15) is 19.2 Å². The molecule has 154 valence electrons. The summed E-state index contributed by atoms with van der Waals surface area (Å²) in [5.41, 5.74) is 0.572. The average Bonchev–Trinajstić information content (AvgIpc) is 3.27. The molecule has 6 nitrogen and oxygen atoms in total. The quantitative estimate of drug-likeness (QED) is 0.413. The molecule has 0 saturated carbocycles. The van der Waals surface area contributed by atoms with Crippen LogP contribution in [0.4, 0.5) is 4.39 Å². The van der Waals surface area contributed by atoms with E-state index in [0.717, 1.165) is 29.1 Å². The molecule has 0 radical (unpaired) electrons. The summed E-state index contributed by atoms with van der Waals surface area (Å²) in [5.74, 6) is -0.161. The molecule has 0 amide bonds. The van der Waals surface area contributed by atoms with Gasteiger partial charge in [0.1, 0.15) is 22.1 Å². The minimum atomic E-state index is -0.537. The van der Waals surface area contributed by atoms with Crippen molar-refractivity contribution in [3.8, 4) is 6.07 Å². The SMILES string of the molecule is CSCCCn1c(=C(C#N)C(=O)c2ccc(F)cc2)sc(=Cc2cnn(C)c2)c1=O. The van der Waals surface area contributed by atoms with Gasteiger partial charge in [-0.25, -0.2) is 4.39 Å². The molecule has 0 spiro atoms. The molecule has 0 fully saturated rings. The van der Waals surface area contributed by atoms with Gasteiger partial charge in [0.15, 0.2) is 0 Å². The Morgan fingerprint density at radius 3 is 2.70 bits per heavy atom. The molecular weight excluding hydrogens is 423 g/mol. The normalized spacial score (nSPS) is 12.7. The third-order valence-corrected chi connectivity index (χ3v) is 6.15. The standard InChI is InChI=1S/C21H19FN4O2S2/c1-25-13-14(12-24-25)10-18-20(28)26(8-3-9-29-2)21(30-18)17(11-23)19(27)15-4-6-16(22)7-5-15/h4-7,10,12-13H,3,8-9H2,1-2H3. The monoisotopic (exact) mass is 442 g/mol. The molecule has 0 aliphatic rings. The molecule has 0 N–H and O–H groups in total. The fourth-order valence-electron chi connectivity index (χ4n) is 2.88. The molecule has 0 aliphatic heterocycles. The average molecular weight is 443 g/mol. The van der Waals surface area contributed by atoms with Gasteiger partial charge in [-0.15, -0.1) is 11.3 Å². The third-order valence-electron chi connectivity index (χ3n) is 4.32. The molecule has 30 heavy (non-hydrogen) atoms. The van der Waals surface area contributed by atoms with E-state index in [1.54, 1.807) is 42.0 Å². The number of hydrogen-bond donors (Lipinski definition) is 0. The van der Waals surface area contributed by atoms with E-state index in [0.29, 0.717) is 15.7 Å². The molecule has 1 aromatic carbocycles. The molecule has 0 bridgehead atoms. The van der Waals surface area contributed by atoms with E-state index < -0.39 is 11.6 Å². The molecule has 2 heterocycles. The highest BCUT2D eigenvalue weighted by Crippen LogP contribution is 2.10. The smallest absolute Gasteiger partial charge is 0.269 e. The van der Waals surface area contributed by atoms with E-state index in [1.807, 2.05) is 12.3 Å². The number of Topliss-reactive ketones (excluding diaryl/α,β-unsaturated/α-hetero) is 1. The van der Waals surface area contributed by atoms with Gasteiger partial charge in [0.05, 0.1) is 10.7 Å². The van der Waals surface area contributed by atoms with Crippen molar-refractivity contribution in [3.05, 3.63) is 73.2 Å². The maximum absolute atomic E-state index is 13.2. The number of halogens is 1. The Labute approximate surface area is 180 Å². The molecule has 3 rings (SSSR count). The number of carbonyl (C=O) groups excluding carboxylic acids is 1. The van der Waals surface area contributed by atoms with Crippen LogP contribution in [0.3, 0.4) is 0 Å². The maximum atomic E-state index is 13.2. The third kappa shape index (κ3) is 4.78. The largest absolute Gasteiger partial charge is 0.298 e. The van der Waals surface area contributed by atoms with E-state index in [4.69, 9.17) is 0 Å². The fourth-order valence-corrected chi connectivity index (χ4v) is 4.43. The zero-order valence-corrected chi connectivity index (χ0v) is 18.1. The highest BCUT2D eigenvalue weighted by atomic mass is 32.2. The van der Waals surface area contributed by atoms with Gasteiger partial charge in [-0.05, 0) is 48.8 Å². The number of ketones is 1. The lowest BCUT2D eigenvalue weighted by Gasteiger charge is -2.03. The second-order valence-electron chi connectivity index (χ2n) is 6.49. The van der Waals surface area contributed by atoms with E-state index >= 15 is 0 Å². The number of nitriles is 1. The number of aromatic nitrogens is 3. The topological polar surface area (TPSA) is 80.7 Å². The number of nitrogens with zero attached hydrogens (tertiary/aromatic N) is 4. The molecule has 0 aliphatic carbocycles. The molecule has 0 saturated heterocycles. The van der Waals surface area contributed by atoms with Crippen molar-refractivity contribution in [2.75, 3.05) is 12.0 Å². The minimum Gasteiger partial charge on any atom is -0.298 e.